The topological polar surface area (TPSA) is 21.3 Å². The van der Waals surface area contributed by atoms with E-state index in [0.29, 0.717) is 0 Å². The van der Waals surface area contributed by atoms with E-state index in [1.165, 1.54) is 138 Å². The SMILES string of the molecule is Cn1c2ccccc2c2c(-n3c4ccccc4c4cc(C(C)(C)C)ccc43)c3c(cc21)B1c2ccc(-n4c5ccc(C(C)(C)C)cc5c5cc(C(C)(C)C)ccc54)cc2N(c2ccc(C(C)(C)C)cc2)c2cccc(c21)N3c1ccc(C(C)(C)C)cc1. The predicted molar refractivity (Wildman–Crippen MR) is 377 cm³/mol. The Morgan fingerprint density at radius 3 is 1.24 bits per heavy atom. The molecule has 0 unspecified atom stereocenters. The summed E-state index contributed by atoms with van der Waals surface area (Å²) in [5.41, 5.74) is 26.9. The Bertz CT molecular complexity index is 4940. The van der Waals surface area contributed by atoms with Crippen LogP contribution >= 0.6 is 0 Å². The molecule has 0 saturated carbocycles. The lowest BCUT2D eigenvalue weighted by molar-refractivity contribution is 0.590. The van der Waals surface area contributed by atoms with Crippen LogP contribution in [0.2, 0.25) is 0 Å². The highest BCUT2D eigenvalue weighted by Crippen LogP contribution is 2.51. The molecule has 13 aromatic rings. The van der Waals surface area contributed by atoms with Crippen LogP contribution in [0.25, 0.3) is 76.8 Å². The number of rotatable bonds is 4. The average Bonchev–Trinajstić information content (AvgIpc) is 1.67. The summed E-state index contributed by atoms with van der Waals surface area (Å²) in [5.74, 6) is 0. The number of benzene rings is 10. The molecule has 2 aliphatic heterocycles. The van der Waals surface area contributed by atoms with Crippen LogP contribution in [0.4, 0.5) is 34.1 Å². The van der Waals surface area contributed by atoms with Crippen molar-refractivity contribution < 1.29 is 0 Å². The van der Waals surface area contributed by atoms with Gasteiger partial charge < -0.3 is 23.5 Å². The molecule has 2 aliphatic rings. The van der Waals surface area contributed by atoms with Gasteiger partial charge in [-0.2, -0.15) is 0 Å². The molecule has 10 aromatic carbocycles. The molecule has 0 amide bonds. The molecule has 5 heterocycles. The van der Waals surface area contributed by atoms with Crippen LogP contribution in [0.15, 0.2) is 194 Å². The van der Waals surface area contributed by atoms with Crippen molar-refractivity contribution in [1.82, 2.24) is 13.7 Å². The standard InChI is InChI=1S/C81H80BN5/c1-77(2,3)49-28-35-54(36-29-49)84-69-26-21-27-70-74(69)82(62-40-39-56(47-71(62)84)85-66-41-32-52(80(10,11)12)45-60(66)61-46-53(81(13,14)15)33-42-67(61)85)63-48-72-73(58-23-18-19-24-64(58)83(72)16)76(75(63)86(70)55-37-30-50(31-38-55)78(4,5)6)87-65-25-20-17-22-57(65)59-44-51(79(7,8)9)34-43-68(59)87/h17-48H,1-16H3. The Balaban J connectivity index is 1.09. The largest absolute Gasteiger partial charge is 0.344 e. The summed E-state index contributed by atoms with van der Waals surface area (Å²) in [5, 5.41) is 7.57. The van der Waals surface area contributed by atoms with Gasteiger partial charge in [0.25, 0.3) is 6.71 Å². The predicted octanol–water partition coefficient (Wildman–Crippen LogP) is 20.1. The van der Waals surface area contributed by atoms with Gasteiger partial charge in [-0.3, -0.25) is 0 Å². The maximum absolute atomic E-state index is 2.65. The summed E-state index contributed by atoms with van der Waals surface area (Å²) in [7, 11) is 2.28. The number of hydrogen-bond donors (Lipinski definition) is 0. The van der Waals surface area contributed by atoms with Crippen molar-refractivity contribution in [1.29, 1.82) is 0 Å². The van der Waals surface area contributed by atoms with Gasteiger partial charge in [0.2, 0.25) is 0 Å². The van der Waals surface area contributed by atoms with Crippen LogP contribution in [-0.2, 0) is 34.1 Å². The molecular formula is C81H80BN5. The minimum atomic E-state index is -0.158. The monoisotopic (exact) mass is 1130 g/mol. The van der Waals surface area contributed by atoms with Crippen molar-refractivity contribution in [2.24, 2.45) is 7.05 Å². The molecule has 87 heavy (non-hydrogen) atoms. The van der Waals surface area contributed by atoms with Crippen molar-refractivity contribution in [2.75, 3.05) is 9.80 Å². The van der Waals surface area contributed by atoms with Crippen LogP contribution in [0.3, 0.4) is 0 Å². The quantitative estimate of drug-likeness (QED) is 0.164. The summed E-state index contributed by atoms with van der Waals surface area (Å²) < 4.78 is 7.64. The van der Waals surface area contributed by atoms with Gasteiger partial charge >= 0.3 is 0 Å². The molecule has 0 N–H and O–H groups in total. The molecule has 0 spiro atoms. The first-order valence-electron chi connectivity index (χ1n) is 31.5. The zero-order valence-corrected chi connectivity index (χ0v) is 53.8. The van der Waals surface area contributed by atoms with Crippen LogP contribution < -0.4 is 26.2 Å². The highest BCUT2D eigenvalue weighted by atomic mass is 15.2. The molecule has 0 saturated heterocycles. The van der Waals surface area contributed by atoms with Crippen LogP contribution in [0.5, 0.6) is 0 Å². The van der Waals surface area contributed by atoms with Gasteiger partial charge in [0, 0.05) is 79.0 Å². The second kappa shape index (κ2) is 18.6. The van der Waals surface area contributed by atoms with Crippen molar-refractivity contribution in [3.05, 3.63) is 222 Å². The van der Waals surface area contributed by atoms with Gasteiger partial charge in [-0.05, 0) is 174 Å². The zero-order chi connectivity index (χ0) is 60.8. The molecule has 0 radical (unpaired) electrons. The van der Waals surface area contributed by atoms with E-state index in [9.17, 15) is 0 Å². The number of hydrogen-bond acceptors (Lipinski definition) is 2. The van der Waals surface area contributed by atoms with E-state index in [4.69, 9.17) is 0 Å². The Labute approximate surface area is 514 Å². The Morgan fingerprint density at radius 2 is 0.713 bits per heavy atom. The van der Waals surface area contributed by atoms with Gasteiger partial charge in [0.1, 0.15) is 0 Å². The fraction of sp³-hybridized carbons (Fsp3) is 0.259. The third-order valence-corrected chi connectivity index (χ3v) is 19.6. The molecule has 5 nitrogen and oxygen atoms in total. The van der Waals surface area contributed by atoms with E-state index < -0.39 is 0 Å². The molecule has 0 bridgehead atoms. The van der Waals surface area contributed by atoms with Gasteiger partial charge in [-0.25, -0.2) is 0 Å². The lowest BCUT2D eigenvalue weighted by Crippen LogP contribution is -2.61. The van der Waals surface area contributed by atoms with E-state index in [-0.39, 0.29) is 33.8 Å². The number of anilines is 6. The van der Waals surface area contributed by atoms with Crippen LogP contribution in [-0.4, -0.2) is 20.4 Å². The van der Waals surface area contributed by atoms with Crippen molar-refractivity contribution in [3.8, 4) is 11.4 Å². The van der Waals surface area contributed by atoms with E-state index >= 15 is 0 Å². The van der Waals surface area contributed by atoms with Crippen molar-refractivity contribution in [3.63, 3.8) is 0 Å². The van der Waals surface area contributed by atoms with Crippen LogP contribution in [0, 0.1) is 0 Å². The maximum Gasteiger partial charge on any atom is 0.252 e. The fourth-order valence-corrected chi connectivity index (χ4v) is 14.7. The van der Waals surface area contributed by atoms with Gasteiger partial charge in [0.15, 0.2) is 0 Å². The van der Waals surface area contributed by atoms with Crippen molar-refractivity contribution >= 4 is 123 Å². The van der Waals surface area contributed by atoms with E-state index in [1.54, 1.807) is 0 Å². The van der Waals surface area contributed by atoms with E-state index in [0.717, 1.165) is 17.1 Å². The summed E-state index contributed by atoms with van der Waals surface area (Å²) in [6.07, 6.45) is 0. The first-order valence-corrected chi connectivity index (χ1v) is 31.5. The number of aryl methyl sites for hydroxylation is 1. The van der Waals surface area contributed by atoms with Gasteiger partial charge in [-0.1, -0.05) is 195 Å². The molecule has 3 aromatic heterocycles. The molecule has 0 aliphatic carbocycles. The number of aromatic nitrogens is 3. The Kier molecular flexibility index (Phi) is 11.8. The maximum atomic E-state index is 2.65. The first-order chi connectivity index (χ1) is 41.3. The normalized spacial score (nSPS) is 13.9. The Hall–Kier alpha value is -8.74. The van der Waals surface area contributed by atoms with E-state index in [1.807, 2.05) is 0 Å². The zero-order valence-electron chi connectivity index (χ0n) is 53.8. The first kappa shape index (κ1) is 54.9. The second-order valence-corrected chi connectivity index (χ2v) is 30.4. The van der Waals surface area contributed by atoms with Crippen molar-refractivity contribution in [2.45, 2.75) is 131 Å². The number of nitrogens with zero attached hydrogens (tertiary/aromatic N) is 5. The fourth-order valence-electron chi connectivity index (χ4n) is 14.7. The molecule has 15 rings (SSSR count). The Morgan fingerprint density at radius 1 is 0.287 bits per heavy atom. The molecular weight excluding hydrogens is 1050 g/mol. The summed E-state index contributed by atoms with van der Waals surface area (Å²) in [4.78, 5) is 5.24. The second-order valence-electron chi connectivity index (χ2n) is 30.4. The lowest BCUT2D eigenvalue weighted by Gasteiger charge is -2.45. The van der Waals surface area contributed by atoms with Gasteiger partial charge in [-0.15, -0.1) is 0 Å². The molecule has 6 heteroatoms. The average molecular weight is 1130 g/mol. The highest BCUT2D eigenvalue weighted by molar-refractivity contribution is 7.00. The summed E-state index contributed by atoms with van der Waals surface area (Å²) in [6, 6.07) is 75.9. The molecule has 0 atom stereocenters. The van der Waals surface area contributed by atoms with Crippen LogP contribution in [0.1, 0.15) is 132 Å². The third-order valence-electron chi connectivity index (χ3n) is 19.6. The smallest absolute Gasteiger partial charge is 0.252 e. The van der Waals surface area contributed by atoms with E-state index in [2.05, 4.69) is 329 Å². The molecule has 0 fully saturated rings. The van der Waals surface area contributed by atoms with Gasteiger partial charge in [0.05, 0.1) is 39.0 Å². The lowest BCUT2D eigenvalue weighted by atomic mass is 9.33. The minimum Gasteiger partial charge on any atom is -0.344 e. The minimum absolute atomic E-state index is 0.0119. The highest BCUT2D eigenvalue weighted by Gasteiger charge is 2.46. The molecule has 432 valence electrons. The summed E-state index contributed by atoms with van der Waals surface area (Å²) in [6.45, 7) is 34.7. The number of fused-ring (bicyclic) bond motifs is 13. The number of para-hydroxylation sites is 2. The third kappa shape index (κ3) is 8.33. The summed E-state index contributed by atoms with van der Waals surface area (Å²) >= 11 is 0.